The second kappa shape index (κ2) is 5.79. The standard InChI is InChI=1S/C18H21NO/c19-10-9-13-11-16(14-5-1-2-6-14)18(20)17(12-13)15-7-3-4-8-15/h9,11-12,14-15H,1-8H2. The van der Waals surface area contributed by atoms with Crippen molar-refractivity contribution >= 4 is 5.78 Å². The van der Waals surface area contributed by atoms with Crippen LogP contribution in [-0.2, 0) is 4.79 Å². The molecule has 0 N–H and O–H groups in total. The van der Waals surface area contributed by atoms with Gasteiger partial charge in [-0.05, 0) is 55.2 Å². The van der Waals surface area contributed by atoms with Gasteiger partial charge >= 0.3 is 0 Å². The van der Waals surface area contributed by atoms with Crippen molar-refractivity contribution in [2.75, 3.05) is 0 Å². The second-order valence-corrected chi connectivity index (χ2v) is 6.26. The highest BCUT2D eigenvalue weighted by atomic mass is 16.1. The quantitative estimate of drug-likeness (QED) is 0.702. The predicted octanol–water partition coefficient (Wildman–Crippen LogP) is 4.25. The van der Waals surface area contributed by atoms with Crippen LogP contribution in [0, 0.1) is 23.2 Å². The normalized spacial score (nSPS) is 24.6. The number of carbonyl (C=O) groups excluding carboxylic acids is 1. The van der Waals surface area contributed by atoms with Crippen molar-refractivity contribution in [1.82, 2.24) is 0 Å². The molecule has 2 heteroatoms. The minimum absolute atomic E-state index is 0.277. The highest BCUT2D eigenvalue weighted by Crippen LogP contribution is 2.40. The van der Waals surface area contributed by atoms with Crippen molar-refractivity contribution in [3.8, 4) is 6.07 Å². The van der Waals surface area contributed by atoms with Gasteiger partial charge in [-0.3, -0.25) is 4.79 Å². The fraction of sp³-hybridized carbons (Fsp3) is 0.556. The smallest absolute Gasteiger partial charge is 0.185 e. The maximum atomic E-state index is 12.8. The number of hydrogen-bond donors (Lipinski definition) is 0. The Morgan fingerprint density at radius 1 is 0.950 bits per heavy atom. The molecule has 2 nitrogen and oxygen atoms in total. The lowest BCUT2D eigenvalue weighted by Gasteiger charge is -2.23. The molecule has 0 heterocycles. The van der Waals surface area contributed by atoms with E-state index in [4.69, 9.17) is 5.26 Å². The minimum atomic E-state index is 0.277. The SMILES string of the molecule is N#CC=C1C=C(C2CCCC2)C(=O)C(C2CCCC2)=C1. The van der Waals surface area contributed by atoms with Crippen LogP contribution in [0.4, 0.5) is 0 Å². The van der Waals surface area contributed by atoms with E-state index in [-0.39, 0.29) is 5.78 Å². The van der Waals surface area contributed by atoms with Crippen LogP contribution in [0.5, 0.6) is 0 Å². The van der Waals surface area contributed by atoms with Gasteiger partial charge in [-0.1, -0.05) is 25.7 Å². The first-order valence-electron chi connectivity index (χ1n) is 7.87. The number of nitriles is 1. The van der Waals surface area contributed by atoms with E-state index in [0.29, 0.717) is 11.8 Å². The van der Waals surface area contributed by atoms with Gasteiger partial charge in [0, 0.05) is 17.2 Å². The molecule has 0 saturated heterocycles. The zero-order valence-corrected chi connectivity index (χ0v) is 11.9. The van der Waals surface area contributed by atoms with Crippen LogP contribution < -0.4 is 0 Å². The zero-order chi connectivity index (χ0) is 13.9. The van der Waals surface area contributed by atoms with E-state index in [2.05, 4.69) is 6.07 Å². The number of allylic oxidation sites excluding steroid dienone is 6. The fourth-order valence-electron chi connectivity index (χ4n) is 3.94. The number of carbonyl (C=O) groups is 1. The van der Waals surface area contributed by atoms with Crippen LogP contribution in [0.3, 0.4) is 0 Å². The Morgan fingerprint density at radius 3 is 1.80 bits per heavy atom. The largest absolute Gasteiger partial charge is 0.289 e. The molecule has 3 aliphatic rings. The summed E-state index contributed by atoms with van der Waals surface area (Å²) in [7, 11) is 0. The third kappa shape index (κ3) is 2.50. The van der Waals surface area contributed by atoms with E-state index in [1.54, 1.807) is 6.08 Å². The number of ketones is 1. The summed E-state index contributed by atoms with van der Waals surface area (Å²) in [6, 6.07) is 2.11. The fourth-order valence-corrected chi connectivity index (χ4v) is 3.94. The maximum absolute atomic E-state index is 12.8. The molecule has 0 spiro atoms. The Bertz CT molecular complexity index is 494. The summed E-state index contributed by atoms with van der Waals surface area (Å²) in [6.45, 7) is 0. The molecule has 0 aliphatic heterocycles. The Labute approximate surface area is 120 Å². The Morgan fingerprint density at radius 2 is 1.40 bits per heavy atom. The summed E-state index contributed by atoms with van der Waals surface area (Å²) >= 11 is 0. The van der Waals surface area contributed by atoms with Crippen molar-refractivity contribution in [2.24, 2.45) is 11.8 Å². The van der Waals surface area contributed by atoms with E-state index in [0.717, 1.165) is 42.4 Å². The molecule has 0 radical (unpaired) electrons. The lowest BCUT2D eigenvalue weighted by molar-refractivity contribution is -0.113. The Balaban J connectivity index is 1.92. The monoisotopic (exact) mass is 267 g/mol. The first-order valence-corrected chi connectivity index (χ1v) is 7.87. The lowest BCUT2D eigenvalue weighted by atomic mass is 9.80. The van der Waals surface area contributed by atoms with Gasteiger partial charge in [-0.25, -0.2) is 0 Å². The van der Waals surface area contributed by atoms with Crippen LogP contribution >= 0.6 is 0 Å². The molecule has 2 saturated carbocycles. The summed E-state index contributed by atoms with van der Waals surface area (Å²) < 4.78 is 0. The van der Waals surface area contributed by atoms with E-state index < -0.39 is 0 Å². The molecule has 3 rings (SSSR count). The summed E-state index contributed by atoms with van der Waals surface area (Å²) in [5.41, 5.74) is 2.89. The topological polar surface area (TPSA) is 40.9 Å². The second-order valence-electron chi connectivity index (χ2n) is 6.26. The van der Waals surface area contributed by atoms with E-state index >= 15 is 0 Å². The summed E-state index contributed by atoms with van der Waals surface area (Å²) in [6.07, 6.45) is 15.0. The number of nitrogens with zero attached hydrogens (tertiary/aromatic N) is 1. The van der Waals surface area contributed by atoms with Gasteiger partial charge in [0.05, 0.1) is 6.07 Å². The predicted molar refractivity (Wildman–Crippen MR) is 78.8 cm³/mol. The highest BCUT2D eigenvalue weighted by molar-refractivity contribution is 6.11. The Hall–Kier alpha value is -1.62. The molecular weight excluding hydrogens is 246 g/mol. The maximum Gasteiger partial charge on any atom is 0.185 e. The molecule has 0 aromatic rings. The molecule has 0 aromatic carbocycles. The third-order valence-corrected chi connectivity index (χ3v) is 4.99. The number of Topliss-reactive ketones (excluding diaryl/α,β-unsaturated/α-hetero) is 1. The highest BCUT2D eigenvalue weighted by Gasteiger charge is 2.32. The first-order chi connectivity index (χ1) is 9.79. The zero-order valence-electron chi connectivity index (χ0n) is 11.9. The molecule has 0 aromatic heterocycles. The average molecular weight is 267 g/mol. The summed E-state index contributed by atoms with van der Waals surface area (Å²) in [5, 5.41) is 8.92. The molecular formula is C18H21NO. The van der Waals surface area contributed by atoms with Crippen molar-refractivity contribution in [1.29, 1.82) is 5.26 Å². The first kappa shape index (κ1) is 13.4. The van der Waals surface area contributed by atoms with Gasteiger partial charge in [0.15, 0.2) is 5.78 Å². The van der Waals surface area contributed by atoms with Crippen molar-refractivity contribution in [3.05, 3.63) is 34.9 Å². The van der Waals surface area contributed by atoms with Crippen molar-refractivity contribution in [3.63, 3.8) is 0 Å². The molecule has 2 fully saturated rings. The van der Waals surface area contributed by atoms with Gasteiger partial charge < -0.3 is 0 Å². The van der Waals surface area contributed by atoms with E-state index in [1.165, 1.54) is 25.7 Å². The Kier molecular flexibility index (Phi) is 3.87. The average Bonchev–Trinajstić information content (AvgIpc) is 3.13. The van der Waals surface area contributed by atoms with Crippen molar-refractivity contribution in [2.45, 2.75) is 51.4 Å². The molecule has 0 unspecified atom stereocenters. The molecule has 20 heavy (non-hydrogen) atoms. The summed E-state index contributed by atoms with van der Waals surface area (Å²) in [4.78, 5) is 12.8. The molecule has 0 bridgehead atoms. The van der Waals surface area contributed by atoms with Crippen LogP contribution in [-0.4, -0.2) is 5.78 Å². The van der Waals surface area contributed by atoms with Crippen LogP contribution in [0.25, 0.3) is 0 Å². The van der Waals surface area contributed by atoms with Gasteiger partial charge in [-0.2, -0.15) is 5.26 Å². The van der Waals surface area contributed by atoms with E-state index in [9.17, 15) is 4.79 Å². The van der Waals surface area contributed by atoms with E-state index in [1.807, 2.05) is 12.2 Å². The van der Waals surface area contributed by atoms with Crippen LogP contribution in [0.2, 0.25) is 0 Å². The van der Waals surface area contributed by atoms with Gasteiger partial charge in [-0.15, -0.1) is 0 Å². The molecule has 0 amide bonds. The van der Waals surface area contributed by atoms with Crippen LogP contribution in [0.15, 0.2) is 34.9 Å². The van der Waals surface area contributed by atoms with Gasteiger partial charge in [0.2, 0.25) is 0 Å². The third-order valence-electron chi connectivity index (χ3n) is 4.99. The number of rotatable bonds is 2. The molecule has 104 valence electrons. The molecule has 3 aliphatic carbocycles. The van der Waals surface area contributed by atoms with Crippen LogP contribution in [0.1, 0.15) is 51.4 Å². The van der Waals surface area contributed by atoms with Gasteiger partial charge in [0.1, 0.15) is 0 Å². The number of hydrogen-bond acceptors (Lipinski definition) is 2. The summed E-state index contributed by atoms with van der Waals surface area (Å²) in [5.74, 6) is 1.13. The lowest BCUT2D eigenvalue weighted by Crippen LogP contribution is -2.20. The molecule has 0 atom stereocenters. The van der Waals surface area contributed by atoms with Crippen molar-refractivity contribution < 1.29 is 4.79 Å². The van der Waals surface area contributed by atoms with Gasteiger partial charge in [0.25, 0.3) is 0 Å². The minimum Gasteiger partial charge on any atom is -0.289 e.